The molecule has 0 saturated heterocycles. The van der Waals surface area contributed by atoms with Crippen LogP contribution < -0.4 is 4.84 Å². The second-order valence-electron chi connectivity index (χ2n) is 4.79. The first kappa shape index (κ1) is 13.5. The Labute approximate surface area is 127 Å². The highest BCUT2D eigenvalue weighted by Crippen LogP contribution is 2.27. The van der Waals surface area contributed by atoms with Gasteiger partial charge in [-0.3, -0.25) is 0 Å². The van der Waals surface area contributed by atoms with Crippen molar-refractivity contribution in [1.82, 2.24) is 4.73 Å². The van der Waals surface area contributed by atoms with Crippen LogP contribution in [0.4, 0.5) is 0 Å². The van der Waals surface area contributed by atoms with E-state index in [1.54, 1.807) is 10.8 Å². The van der Waals surface area contributed by atoms with Crippen LogP contribution in [0.1, 0.15) is 16.8 Å². The summed E-state index contributed by atoms with van der Waals surface area (Å²) in [4.78, 5) is 5.88. The van der Waals surface area contributed by atoms with Crippen LogP contribution in [0, 0.1) is 18.3 Å². The zero-order valence-electron chi connectivity index (χ0n) is 11.5. The lowest BCUT2D eigenvalue weighted by Gasteiger charge is -2.10. The van der Waals surface area contributed by atoms with Crippen LogP contribution in [0.25, 0.3) is 10.9 Å². The second-order valence-corrected chi connectivity index (χ2v) is 5.22. The number of fused-ring (bicyclic) bond motifs is 1. The largest absolute Gasteiger partial charge is 0.409 e. The molecule has 3 nitrogen and oxygen atoms in total. The highest BCUT2D eigenvalue weighted by atomic mass is 35.5. The van der Waals surface area contributed by atoms with Gasteiger partial charge in [0.15, 0.2) is 0 Å². The van der Waals surface area contributed by atoms with Gasteiger partial charge in [-0.15, -0.1) is 0 Å². The Bertz CT molecular complexity index is 831. The molecule has 1 heterocycles. The van der Waals surface area contributed by atoms with E-state index in [9.17, 15) is 5.26 Å². The van der Waals surface area contributed by atoms with Crippen LogP contribution in [-0.2, 0) is 6.61 Å². The van der Waals surface area contributed by atoms with E-state index in [2.05, 4.69) is 6.07 Å². The van der Waals surface area contributed by atoms with E-state index in [4.69, 9.17) is 16.4 Å². The van der Waals surface area contributed by atoms with Crippen LogP contribution in [0.2, 0.25) is 5.02 Å². The second kappa shape index (κ2) is 5.51. The minimum absolute atomic E-state index is 0.433. The zero-order chi connectivity index (χ0) is 14.8. The molecular weight excluding hydrogens is 284 g/mol. The number of rotatable bonds is 3. The number of benzene rings is 2. The van der Waals surface area contributed by atoms with E-state index < -0.39 is 0 Å². The fraction of sp³-hybridized carbons (Fsp3) is 0.118. The highest BCUT2D eigenvalue weighted by molar-refractivity contribution is 6.31. The van der Waals surface area contributed by atoms with Crippen LogP contribution in [0.15, 0.2) is 48.5 Å². The molecule has 104 valence electrons. The average molecular weight is 297 g/mol. The molecule has 0 aliphatic rings. The first-order valence-corrected chi connectivity index (χ1v) is 6.96. The molecule has 21 heavy (non-hydrogen) atoms. The lowest BCUT2D eigenvalue weighted by atomic mass is 10.1. The van der Waals surface area contributed by atoms with E-state index in [0.717, 1.165) is 22.2 Å². The molecule has 0 N–H and O–H groups in total. The fourth-order valence-corrected chi connectivity index (χ4v) is 2.55. The van der Waals surface area contributed by atoms with Gasteiger partial charge in [0.05, 0.1) is 16.8 Å². The third-order valence-electron chi connectivity index (χ3n) is 3.43. The zero-order valence-corrected chi connectivity index (χ0v) is 12.3. The summed E-state index contributed by atoms with van der Waals surface area (Å²) in [5.74, 6) is 0. The maximum atomic E-state index is 9.33. The fourth-order valence-electron chi connectivity index (χ4n) is 2.38. The first-order valence-electron chi connectivity index (χ1n) is 6.58. The summed E-state index contributed by atoms with van der Waals surface area (Å²) in [5, 5.41) is 10.8. The van der Waals surface area contributed by atoms with E-state index in [0.29, 0.717) is 17.2 Å². The number of nitriles is 1. The minimum Gasteiger partial charge on any atom is -0.409 e. The average Bonchev–Trinajstić information content (AvgIpc) is 2.77. The van der Waals surface area contributed by atoms with Crippen molar-refractivity contribution in [2.45, 2.75) is 13.5 Å². The van der Waals surface area contributed by atoms with Crippen molar-refractivity contribution < 1.29 is 4.84 Å². The highest BCUT2D eigenvalue weighted by Gasteiger charge is 2.15. The summed E-state index contributed by atoms with van der Waals surface area (Å²) in [6.07, 6.45) is 0. The third-order valence-corrected chi connectivity index (χ3v) is 3.66. The number of hydrogen-bond donors (Lipinski definition) is 0. The summed E-state index contributed by atoms with van der Waals surface area (Å²) in [7, 11) is 0. The summed E-state index contributed by atoms with van der Waals surface area (Å²) >= 11 is 6.06. The SMILES string of the molecule is Cc1c(C#N)c2ccc(Cl)cc2n1OCc1ccccc1. The van der Waals surface area contributed by atoms with Gasteiger partial charge in [-0.1, -0.05) is 41.9 Å². The normalized spacial score (nSPS) is 10.5. The summed E-state index contributed by atoms with van der Waals surface area (Å²) in [6.45, 7) is 2.31. The summed E-state index contributed by atoms with van der Waals surface area (Å²) in [5.41, 5.74) is 3.28. The van der Waals surface area contributed by atoms with E-state index >= 15 is 0 Å². The minimum atomic E-state index is 0.433. The predicted octanol–water partition coefficient (Wildman–Crippen LogP) is 4.10. The van der Waals surface area contributed by atoms with Crippen molar-refractivity contribution in [2.75, 3.05) is 0 Å². The van der Waals surface area contributed by atoms with Gasteiger partial charge in [-0.25, -0.2) is 0 Å². The molecule has 3 rings (SSSR count). The molecule has 0 spiro atoms. The number of aromatic nitrogens is 1. The van der Waals surface area contributed by atoms with Crippen molar-refractivity contribution in [3.05, 3.63) is 70.4 Å². The molecule has 0 bridgehead atoms. The maximum absolute atomic E-state index is 9.33. The van der Waals surface area contributed by atoms with Gasteiger partial charge in [0.2, 0.25) is 0 Å². The van der Waals surface area contributed by atoms with Gasteiger partial charge in [-0.2, -0.15) is 9.99 Å². The molecule has 0 saturated carbocycles. The Morgan fingerprint density at radius 3 is 2.67 bits per heavy atom. The topological polar surface area (TPSA) is 38.0 Å². The standard InChI is InChI=1S/C17H13ClN2O/c1-12-16(10-19)15-8-7-14(18)9-17(15)20(12)21-11-13-5-3-2-4-6-13/h2-9H,11H2,1H3. The quantitative estimate of drug-likeness (QED) is 0.729. The molecule has 0 aliphatic carbocycles. The van der Waals surface area contributed by atoms with Gasteiger partial charge < -0.3 is 4.84 Å². The van der Waals surface area contributed by atoms with Crippen molar-refractivity contribution in [3.63, 3.8) is 0 Å². The molecule has 3 aromatic rings. The Hall–Kier alpha value is -2.44. The summed E-state index contributed by atoms with van der Waals surface area (Å²) < 4.78 is 1.69. The predicted molar refractivity (Wildman–Crippen MR) is 83.1 cm³/mol. The molecule has 1 aromatic heterocycles. The van der Waals surface area contributed by atoms with E-state index in [1.165, 1.54) is 0 Å². The first-order chi connectivity index (χ1) is 10.2. The van der Waals surface area contributed by atoms with Crippen LogP contribution >= 0.6 is 11.6 Å². The molecule has 0 fully saturated rings. The van der Waals surface area contributed by atoms with Crippen molar-refractivity contribution in [1.29, 1.82) is 5.26 Å². The Morgan fingerprint density at radius 1 is 1.19 bits per heavy atom. The van der Waals surface area contributed by atoms with Gasteiger partial charge in [0.1, 0.15) is 12.7 Å². The lowest BCUT2D eigenvalue weighted by molar-refractivity contribution is 0.103. The van der Waals surface area contributed by atoms with Gasteiger partial charge in [0, 0.05) is 10.4 Å². The number of hydrogen-bond acceptors (Lipinski definition) is 2. The molecule has 0 atom stereocenters. The molecule has 2 aromatic carbocycles. The van der Waals surface area contributed by atoms with Gasteiger partial charge >= 0.3 is 0 Å². The number of halogens is 1. The lowest BCUT2D eigenvalue weighted by Crippen LogP contribution is -2.12. The monoisotopic (exact) mass is 296 g/mol. The van der Waals surface area contributed by atoms with Crippen LogP contribution in [0.5, 0.6) is 0 Å². The Balaban J connectivity index is 2.03. The third kappa shape index (κ3) is 2.46. The van der Waals surface area contributed by atoms with Gasteiger partial charge in [0.25, 0.3) is 0 Å². The van der Waals surface area contributed by atoms with Crippen molar-refractivity contribution in [3.8, 4) is 6.07 Å². The maximum Gasteiger partial charge on any atom is 0.140 e. The Kier molecular flexibility index (Phi) is 3.55. The number of nitrogens with zero attached hydrogens (tertiary/aromatic N) is 2. The molecule has 0 unspecified atom stereocenters. The molecule has 0 aliphatic heterocycles. The smallest absolute Gasteiger partial charge is 0.140 e. The van der Waals surface area contributed by atoms with E-state index in [-0.39, 0.29) is 0 Å². The Morgan fingerprint density at radius 2 is 1.95 bits per heavy atom. The van der Waals surface area contributed by atoms with Crippen LogP contribution in [0.3, 0.4) is 0 Å². The molecular formula is C17H13ClN2O. The van der Waals surface area contributed by atoms with Crippen molar-refractivity contribution >= 4 is 22.5 Å². The summed E-state index contributed by atoms with van der Waals surface area (Å²) in [6, 6.07) is 17.6. The molecule has 4 heteroatoms. The van der Waals surface area contributed by atoms with Crippen LogP contribution in [-0.4, -0.2) is 4.73 Å². The molecule has 0 amide bonds. The van der Waals surface area contributed by atoms with Gasteiger partial charge in [-0.05, 0) is 30.7 Å². The molecule has 0 radical (unpaired) electrons. The van der Waals surface area contributed by atoms with E-state index in [1.807, 2.05) is 49.4 Å². The van der Waals surface area contributed by atoms with Crippen molar-refractivity contribution in [2.24, 2.45) is 0 Å².